The molecule has 0 unspecified atom stereocenters. The molecule has 138 valence electrons. The lowest BCUT2D eigenvalue weighted by molar-refractivity contribution is -0.112. The van der Waals surface area contributed by atoms with Crippen LogP contribution in [0.4, 0.5) is 5.69 Å². The summed E-state index contributed by atoms with van der Waals surface area (Å²) in [5.74, 6) is -0.00239. The van der Waals surface area contributed by atoms with Crippen LogP contribution in [0.5, 0.6) is 5.75 Å². The second-order valence-electron chi connectivity index (χ2n) is 6.26. The highest BCUT2D eigenvalue weighted by molar-refractivity contribution is 6.43. The fourth-order valence-electron chi connectivity index (χ4n) is 3.21. The fourth-order valence-corrected chi connectivity index (χ4v) is 3.21. The lowest BCUT2D eigenvalue weighted by Crippen LogP contribution is -2.41. The standard InChI is InChI=1S/C23H18N2O3/c1-2-28-18-9-7-17(8-10-18)25-22(26)20-6-4-3-5-19(20)21(23(25)27)15-16-11-13-24-14-12-16/h3-15H,2H2,1H3/b21-15-. The first-order valence-corrected chi connectivity index (χ1v) is 9.02. The quantitative estimate of drug-likeness (QED) is 0.510. The van der Waals surface area contributed by atoms with Gasteiger partial charge in [-0.05, 0) is 66.6 Å². The molecule has 0 saturated heterocycles. The number of ether oxygens (including phenoxy) is 1. The maximum atomic E-state index is 13.3. The number of carbonyl (C=O) groups is 2. The average Bonchev–Trinajstić information content (AvgIpc) is 2.73. The molecule has 5 heteroatoms. The molecule has 28 heavy (non-hydrogen) atoms. The molecule has 0 bridgehead atoms. The Kier molecular flexibility index (Phi) is 4.72. The van der Waals surface area contributed by atoms with Gasteiger partial charge in [0.2, 0.25) is 0 Å². The predicted octanol–water partition coefficient (Wildman–Crippen LogP) is 4.21. The van der Waals surface area contributed by atoms with E-state index >= 15 is 0 Å². The summed E-state index contributed by atoms with van der Waals surface area (Å²) in [6, 6.07) is 17.8. The van der Waals surface area contributed by atoms with Gasteiger partial charge in [0, 0.05) is 23.5 Å². The van der Waals surface area contributed by atoms with Gasteiger partial charge in [-0.1, -0.05) is 18.2 Å². The number of pyridine rings is 1. The van der Waals surface area contributed by atoms with E-state index in [1.54, 1.807) is 60.9 Å². The number of fused-ring (bicyclic) bond motifs is 1. The number of benzene rings is 2. The van der Waals surface area contributed by atoms with Crippen LogP contribution in [0.3, 0.4) is 0 Å². The molecule has 1 aromatic heterocycles. The van der Waals surface area contributed by atoms with Gasteiger partial charge in [0.05, 0.1) is 12.3 Å². The van der Waals surface area contributed by atoms with Crippen LogP contribution in [-0.2, 0) is 4.79 Å². The van der Waals surface area contributed by atoms with Crippen LogP contribution in [0.25, 0.3) is 11.6 Å². The summed E-state index contributed by atoms with van der Waals surface area (Å²) in [5.41, 5.74) is 2.95. The lowest BCUT2D eigenvalue weighted by atomic mass is 9.92. The zero-order chi connectivity index (χ0) is 19.5. The van der Waals surface area contributed by atoms with E-state index in [-0.39, 0.29) is 11.8 Å². The smallest absolute Gasteiger partial charge is 0.265 e. The molecule has 0 N–H and O–H groups in total. The van der Waals surface area contributed by atoms with Crippen LogP contribution in [-0.4, -0.2) is 23.4 Å². The Morgan fingerprint density at radius 2 is 1.57 bits per heavy atom. The average molecular weight is 370 g/mol. The van der Waals surface area contributed by atoms with Gasteiger partial charge in [0.15, 0.2) is 0 Å². The van der Waals surface area contributed by atoms with Crippen molar-refractivity contribution in [2.45, 2.75) is 6.92 Å². The highest BCUT2D eigenvalue weighted by atomic mass is 16.5. The monoisotopic (exact) mass is 370 g/mol. The number of hydrogen-bond acceptors (Lipinski definition) is 4. The topological polar surface area (TPSA) is 59.5 Å². The van der Waals surface area contributed by atoms with Crippen molar-refractivity contribution in [1.82, 2.24) is 4.98 Å². The minimum absolute atomic E-state index is 0.336. The maximum absolute atomic E-state index is 13.3. The van der Waals surface area contributed by atoms with E-state index in [2.05, 4.69) is 4.98 Å². The zero-order valence-corrected chi connectivity index (χ0v) is 15.3. The second-order valence-corrected chi connectivity index (χ2v) is 6.26. The maximum Gasteiger partial charge on any atom is 0.265 e. The first-order chi connectivity index (χ1) is 13.7. The van der Waals surface area contributed by atoms with Crippen LogP contribution in [0.15, 0.2) is 73.1 Å². The minimum Gasteiger partial charge on any atom is -0.494 e. The largest absolute Gasteiger partial charge is 0.494 e. The van der Waals surface area contributed by atoms with E-state index < -0.39 is 0 Å². The Labute approximate surface area is 162 Å². The third kappa shape index (κ3) is 3.18. The number of amides is 2. The molecule has 5 nitrogen and oxygen atoms in total. The van der Waals surface area contributed by atoms with Crippen molar-refractivity contribution in [3.63, 3.8) is 0 Å². The van der Waals surface area contributed by atoms with E-state index in [9.17, 15) is 9.59 Å². The van der Waals surface area contributed by atoms with E-state index in [4.69, 9.17) is 4.74 Å². The van der Waals surface area contributed by atoms with Gasteiger partial charge < -0.3 is 4.74 Å². The van der Waals surface area contributed by atoms with Crippen molar-refractivity contribution < 1.29 is 14.3 Å². The van der Waals surface area contributed by atoms with Gasteiger partial charge in [-0.15, -0.1) is 0 Å². The number of carbonyl (C=O) groups excluding carboxylic acids is 2. The van der Waals surface area contributed by atoms with Crippen molar-refractivity contribution >= 4 is 29.2 Å². The molecule has 0 radical (unpaired) electrons. The van der Waals surface area contributed by atoms with Crippen LogP contribution in [0.1, 0.15) is 28.4 Å². The number of aromatic nitrogens is 1. The van der Waals surface area contributed by atoms with Crippen molar-refractivity contribution in [3.05, 3.63) is 89.7 Å². The molecule has 0 spiro atoms. The van der Waals surface area contributed by atoms with Gasteiger partial charge in [-0.25, -0.2) is 4.90 Å². The molecule has 1 aliphatic heterocycles. The number of hydrogen-bond donors (Lipinski definition) is 0. The third-order valence-corrected chi connectivity index (χ3v) is 4.51. The molecule has 0 aliphatic carbocycles. The molecular formula is C23H18N2O3. The molecule has 4 rings (SSSR count). The minimum atomic E-state index is -0.357. The Morgan fingerprint density at radius 1 is 0.893 bits per heavy atom. The first-order valence-electron chi connectivity index (χ1n) is 9.02. The van der Waals surface area contributed by atoms with Crippen molar-refractivity contribution in [2.75, 3.05) is 11.5 Å². The van der Waals surface area contributed by atoms with E-state index in [1.807, 2.05) is 25.1 Å². The normalized spacial score (nSPS) is 14.9. The van der Waals surface area contributed by atoms with Crippen molar-refractivity contribution in [1.29, 1.82) is 0 Å². The van der Waals surface area contributed by atoms with Crippen LogP contribution in [0, 0.1) is 0 Å². The van der Waals surface area contributed by atoms with E-state index in [0.29, 0.717) is 34.7 Å². The van der Waals surface area contributed by atoms with Gasteiger partial charge >= 0.3 is 0 Å². The van der Waals surface area contributed by atoms with Crippen LogP contribution < -0.4 is 9.64 Å². The number of rotatable bonds is 4. The molecule has 2 heterocycles. The Balaban J connectivity index is 1.82. The zero-order valence-electron chi connectivity index (χ0n) is 15.3. The lowest BCUT2D eigenvalue weighted by Gasteiger charge is -2.28. The molecule has 1 aliphatic rings. The molecule has 0 saturated carbocycles. The number of nitrogens with zero attached hydrogens (tertiary/aromatic N) is 2. The van der Waals surface area contributed by atoms with Crippen molar-refractivity contribution in [3.8, 4) is 5.75 Å². The summed E-state index contributed by atoms with van der Waals surface area (Å²) in [6.45, 7) is 2.45. The van der Waals surface area contributed by atoms with Gasteiger partial charge in [0.25, 0.3) is 11.8 Å². The highest BCUT2D eigenvalue weighted by Gasteiger charge is 2.35. The SMILES string of the molecule is CCOc1ccc(N2C(=O)/C(=C\c3ccncc3)c3ccccc3C2=O)cc1. The Morgan fingerprint density at radius 3 is 2.25 bits per heavy atom. The molecule has 0 fully saturated rings. The Hall–Kier alpha value is -3.73. The van der Waals surface area contributed by atoms with Gasteiger partial charge in [-0.3, -0.25) is 14.6 Å². The molecular weight excluding hydrogens is 352 g/mol. The summed E-state index contributed by atoms with van der Waals surface area (Å²) < 4.78 is 5.45. The second kappa shape index (κ2) is 7.48. The summed E-state index contributed by atoms with van der Waals surface area (Å²) >= 11 is 0. The van der Waals surface area contributed by atoms with E-state index in [0.717, 1.165) is 5.56 Å². The van der Waals surface area contributed by atoms with Gasteiger partial charge in [-0.2, -0.15) is 0 Å². The van der Waals surface area contributed by atoms with Crippen LogP contribution >= 0.6 is 0 Å². The van der Waals surface area contributed by atoms with E-state index in [1.165, 1.54) is 4.90 Å². The fraction of sp³-hybridized carbons (Fsp3) is 0.0870. The Bertz CT molecular complexity index is 1060. The first kappa shape index (κ1) is 17.7. The van der Waals surface area contributed by atoms with Gasteiger partial charge in [0.1, 0.15) is 5.75 Å². The number of imide groups is 1. The molecule has 0 atom stereocenters. The summed E-state index contributed by atoms with van der Waals surface area (Å²) in [7, 11) is 0. The number of anilines is 1. The van der Waals surface area contributed by atoms with Crippen molar-refractivity contribution in [2.24, 2.45) is 0 Å². The van der Waals surface area contributed by atoms with Crippen LogP contribution in [0.2, 0.25) is 0 Å². The summed E-state index contributed by atoms with van der Waals surface area (Å²) in [5, 5.41) is 0. The highest BCUT2D eigenvalue weighted by Crippen LogP contribution is 2.33. The molecule has 3 aromatic rings. The third-order valence-electron chi connectivity index (χ3n) is 4.51. The summed E-state index contributed by atoms with van der Waals surface area (Å²) in [6.07, 6.45) is 5.12. The summed E-state index contributed by atoms with van der Waals surface area (Å²) in [4.78, 5) is 31.6. The predicted molar refractivity (Wildman–Crippen MR) is 108 cm³/mol. The molecule has 2 amide bonds. The molecule has 2 aromatic carbocycles.